The van der Waals surface area contributed by atoms with Crippen molar-refractivity contribution in [2.45, 2.75) is 11.4 Å². The van der Waals surface area contributed by atoms with Crippen LogP contribution in [0.4, 0.5) is 5.69 Å². The number of aromatic nitrogens is 2. The van der Waals surface area contributed by atoms with E-state index in [-0.39, 0.29) is 58.5 Å². The van der Waals surface area contributed by atoms with Gasteiger partial charge in [-0.05, 0) is 29.8 Å². The molecule has 0 spiro atoms. The summed E-state index contributed by atoms with van der Waals surface area (Å²) in [5.41, 5.74) is 5.79. The summed E-state index contributed by atoms with van der Waals surface area (Å²) in [5.74, 6) is -0.500. The van der Waals surface area contributed by atoms with E-state index in [2.05, 4.69) is 14.7 Å². The third-order valence-electron chi connectivity index (χ3n) is 5.51. The van der Waals surface area contributed by atoms with E-state index >= 15 is 0 Å². The van der Waals surface area contributed by atoms with Crippen LogP contribution >= 0.6 is 0 Å². The Morgan fingerprint density at radius 3 is 2.63 bits per heavy atom. The molecule has 4 aromatic rings. The van der Waals surface area contributed by atoms with Crippen molar-refractivity contribution in [1.82, 2.24) is 9.55 Å². The highest BCUT2D eigenvalue weighted by Crippen LogP contribution is 2.37. The fourth-order valence-corrected chi connectivity index (χ4v) is 5.08. The number of sulfonamides is 1. The number of hydrogen-bond donors (Lipinski definition) is 3. The molecule has 2 aromatic heterocycles. The lowest BCUT2D eigenvalue weighted by Gasteiger charge is -2.22. The van der Waals surface area contributed by atoms with Crippen LogP contribution in [-0.4, -0.2) is 42.1 Å². The molecule has 2 aromatic carbocycles. The molecule has 5 rings (SSSR count). The van der Waals surface area contributed by atoms with Crippen molar-refractivity contribution in [3.63, 3.8) is 0 Å². The summed E-state index contributed by atoms with van der Waals surface area (Å²) in [6.45, 7) is 0.531. The van der Waals surface area contributed by atoms with Crippen LogP contribution in [0, 0.1) is 0 Å². The minimum atomic E-state index is -4.21. The number of aromatic hydroxyl groups is 1. The van der Waals surface area contributed by atoms with Crippen LogP contribution in [0.5, 0.6) is 11.5 Å². The molecule has 35 heavy (non-hydrogen) atoms. The van der Waals surface area contributed by atoms with Gasteiger partial charge >= 0.3 is 0 Å². The summed E-state index contributed by atoms with van der Waals surface area (Å²) < 4.78 is 36.9. The zero-order valence-electron chi connectivity index (χ0n) is 18.4. The van der Waals surface area contributed by atoms with E-state index in [1.54, 1.807) is 18.2 Å². The molecule has 0 saturated carbocycles. The van der Waals surface area contributed by atoms with E-state index in [9.17, 15) is 18.3 Å². The first-order chi connectivity index (χ1) is 16.9. The minimum absolute atomic E-state index is 0.109. The minimum Gasteiger partial charge on any atom is -0.506 e. The predicted molar refractivity (Wildman–Crippen MR) is 132 cm³/mol. The Morgan fingerprint density at radius 2 is 1.86 bits per heavy atom. The summed E-state index contributed by atoms with van der Waals surface area (Å²) in [6, 6.07) is 17.0. The van der Waals surface area contributed by atoms with Gasteiger partial charge in [-0.1, -0.05) is 36.4 Å². The lowest BCUT2D eigenvalue weighted by Crippen LogP contribution is -2.33. The Balaban J connectivity index is 1.73. The molecule has 1 aliphatic rings. The van der Waals surface area contributed by atoms with Gasteiger partial charge in [0.2, 0.25) is 0 Å². The van der Waals surface area contributed by atoms with Crippen molar-refractivity contribution in [1.29, 1.82) is 0 Å². The lowest BCUT2D eigenvalue weighted by molar-refractivity contribution is 0.329. The van der Waals surface area contributed by atoms with Gasteiger partial charge in [0.05, 0.1) is 11.9 Å². The number of para-hydroxylation sites is 1. The number of fused-ring (bicyclic) bond motifs is 2. The van der Waals surface area contributed by atoms with Gasteiger partial charge in [-0.3, -0.25) is 9.36 Å². The van der Waals surface area contributed by atoms with Crippen LogP contribution in [0.3, 0.4) is 0 Å². The maximum Gasteiger partial charge on any atom is 0.286 e. The third-order valence-corrected chi connectivity index (χ3v) is 6.83. The van der Waals surface area contributed by atoms with E-state index in [1.165, 1.54) is 22.9 Å². The number of hydrogen-bond acceptors (Lipinski definition) is 8. The van der Waals surface area contributed by atoms with E-state index in [4.69, 9.17) is 10.5 Å². The number of pyridine rings is 2. The van der Waals surface area contributed by atoms with Gasteiger partial charge in [0, 0.05) is 12.7 Å². The molecule has 0 amide bonds. The summed E-state index contributed by atoms with van der Waals surface area (Å²) in [4.78, 5) is 17.9. The number of benzene rings is 2. The Bertz CT molecular complexity index is 1630. The number of nitrogens with zero attached hydrogens (tertiary/aromatic N) is 3. The van der Waals surface area contributed by atoms with Crippen molar-refractivity contribution in [2.24, 2.45) is 10.1 Å². The standard InChI is InChI=1S/C24H21N5O5S/c25-11-13-34-17-9-4-10-18-20(17)27-22(28-35(18,32)33)19-21(30)16-8-5-12-26-23(16)29(24(19)31)14-15-6-2-1-3-7-15/h1-10,12,30H,11,13-14,25H2,(H,27,28). The Hall–Kier alpha value is -4.22. The number of rotatable bonds is 6. The van der Waals surface area contributed by atoms with E-state index < -0.39 is 21.3 Å². The SMILES string of the molecule is NCCOc1cccc2c1NC(c1c(O)c3cccnc3n(Cc3ccccc3)c1=O)=NS2(=O)=O. The highest BCUT2D eigenvalue weighted by atomic mass is 32.2. The van der Waals surface area contributed by atoms with Gasteiger partial charge in [-0.15, -0.1) is 4.40 Å². The van der Waals surface area contributed by atoms with Gasteiger partial charge in [0.15, 0.2) is 5.84 Å². The van der Waals surface area contributed by atoms with E-state index in [0.717, 1.165) is 5.56 Å². The monoisotopic (exact) mass is 491 g/mol. The number of anilines is 1. The molecule has 0 saturated heterocycles. The molecule has 1 aliphatic heterocycles. The first kappa shape index (κ1) is 22.6. The van der Waals surface area contributed by atoms with Gasteiger partial charge < -0.3 is 20.9 Å². The number of amidine groups is 1. The van der Waals surface area contributed by atoms with Crippen LogP contribution in [0.15, 0.2) is 80.9 Å². The Kier molecular flexibility index (Phi) is 5.71. The summed E-state index contributed by atoms with van der Waals surface area (Å²) in [5, 5.41) is 14.3. The van der Waals surface area contributed by atoms with E-state index in [1.807, 2.05) is 30.3 Å². The lowest BCUT2D eigenvalue weighted by atomic mass is 10.1. The smallest absolute Gasteiger partial charge is 0.286 e. The number of nitrogens with one attached hydrogen (secondary N) is 1. The molecular weight excluding hydrogens is 470 g/mol. The summed E-state index contributed by atoms with van der Waals surface area (Å²) in [6.07, 6.45) is 1.51. The first-order valence-corrected chi connectivity index (χ1v) is 12.2. The largest absolute Gasteiger partial charge is 0.506 e. The molecule has 0 radical (unpaired) electrons. The van der Waals surface area contributed by atoms with Crippen molar-refractivity contribution in [2.75, 3.05) is 18.5 Å². The maximum atomic E-state index is 13.7. The second-order valence-corrected chi connectivity index (χ2v) is 9.35. The van der Waals surface area contributed by atoms with Crippen LogP contribution in [0.2, 0.25) is 0 Å². The molecular formula is C24H21N5O5S. The normalized spacial score (nSPS) is 14.1. The van der Waals surface area contributed by atoms with E-state index in [0.29, 0.717) is 0 Å². The quantitative estimate of drug-likeness (QED) is 0.371. The van der Waals surface area contributed by atoms with Gasteiger partial charge in [-0.25, -0.2) is 4.98 Å². The second kappa shape index (κ2) is 8.85. The molecule has 0 fully saturated rings. The molecule has 0 unspecified atom stereocenters. The van der Waals surface area contributed by atoms with Crippen molar-refractivity contribution in [3.8, 4) is 11.5 Å². The maximum absolute atomic E-state index is 13.7. The number of nitrogens with two attached hydrogens (primary N) is 1. The fraction of sp³-hybridized carbons (Fsp3) is 0.125. The van der Waals surface area contributed by atoms with Crippen LogP contribution < -0.4 is 21.3 Å². The molecule has 4 N–H and O–H groups in total. The van der Waals surface area contributed by atoms with Crippen LogP contribution in [-0.2, 0) is 16.6 Å². The Labute approximate surface area is 200 Å². The fourth-order valence-electron chi connectivity index (χ4n) is 3.95. The number of ether oxygens (including phenoxy) is 1. The van der Waals surface area contributed by atoms with Crippen molar-refractivity contribution in [3.05, 3.63) is 88.3 Å². The molecule has 178 valence electrons. The van der Waals surface area contributed by atoms with Gasteiger partial charge in [0.25, 0.3) is 15.6 Å². The van der Waals surface area contributed by atoms with Crippen LogP contribution in [0.25, 0.3) is 11.0 Å². The van der Waals surface area contributed by atoms with Gasteiger partial charge in [-0.2, -0.15) is 8.42 Å². The molecule has 10 nitrogen and oxygen atoms in total. The molecule has 0 atom stereocenters. The van der Waals surface area contributed by atoms with Gasteiger partial charge in [0.1, 0.15) is 39.9 Å². The zero-order valence-corrected chi connectivity index (χ0v) is 19.2. The summed E-state index contributed by atoms with van der Waals surface area (Å²) in [7, 11) is -4.21. The average Bonchev–Trinajstić information content (AvgIpc) is 2.86. The molecule has 3 heterocycles. The van der Waals surface area contributed by atoms with Crippen LogP contribution in [0.1, 0.15) is 11.1 Å². The molecule has 0 bridgehead atoms. The molecule has 11 heteroatoms. The average molecular weight is 492 g/mol. The second-order valence-electron chi connectivity index (χ2n) is 7.78. The topological polar surface area (TPSA) is 149 Å². The predicted octanol–water partition coefficient (Wildman–Crippen LogP) is 2.05. The zero-order chi connectivity index (χ0) is 24.6. The van der Waals surface area contributed by atoms with Crippen molar-refractivity contribution >= 4 is 32.6 Å². The molecule has 0 aliphatic carbocycles. The third kappa shape index (κ3) is 4.00. The van der Waals surface area contributed by atoms with Crippen molar-refractivity contribution < 1.29 is 18.3 Å². The first-order valence-electron chi connectivity index (χ1n) is 10.7. The summed E-state index contributed by atoms with van der Waals surface area (Å²) >= 11 is 0. The highest BCUT2D eigenvalue weighted by Gasteiger charge is 2.32. The highest BCUT2D eigenvalue weighted by molar-refractivity contribution is 7.90. The Morgan fingerprint density at radius 1 is 1.06 bits per heavy atom.